The maximum atomic E-state index is 11.9. The van der Waals surface area contributed by atoms with Gasteiger partial charge in [-0.25, -0.2) is 0 Å². The van der Waals surface area contributed by atoms with Gasteiger partial charge in [0.2, 0.25) is 11.8 Å². The molecule has 0 aromatic carbocycles. The summed E-state index contributed by atoms with van der Waals surface area (Å²) >= 11 is 0. The molecule has 2 amide bonds. The Hall–Kier alpha value is -1.14. The zero-order valence-electron chi connectivity index (χ0n) is 12.3. The van der Waals surface area contributed by atoms with E-state index >= 15 is 0 Å². The Bertz CT molecular complexity index is 272. The van der Waals surface area contributed by atoms with E-state index in [0.717, 1.165) is 19.3 Å². The number of ether oxygens (including phenoxy) is 1. The predicted molar refractivity (Wildman–Crippen MR) is 74.6 cm³/mol. The molecule has 0 aromatic rings. The topological polar surface area (TPSA) is 84.7 Å². The smallest absolute Gasteiger partial charge is 0.239 e. The van der Waals surface area contributed by atoms with Crippen LogP contribution in [0.4, 0.5) is 0 Å². The molecule has 6 nitrogen and oxygen atoms in total. The van der Waals surface area contributed by atoms with Crippen molar-refractivity contribution in [3.8, 4) is 0 Å². The third-order valence-corrected chi connectivity index (χ3v) is 2.87. The first-order chi connectivity index (χ1) is 9.02. The van der Waals surface area contributed by atoms with Crippen LogP contribution in [0.1, 0.15) is 26.2 Å². The fraction of sp³-hybridized carbons (Fsp3) is 0.846. The molecule has 0 spiro atoms. The number of carbonyl (C=O) groups excluding carboxylic acids is 2. The molecule has 112 valence electrons. The minimum atomic E-state index is -0.141. The van der Waals surface area contributed by atoms with Crippen LogP contribution in [0.5, 0.6) is 0 Å². The summed E-state index contributed by atoms with van der Waals surface area (Å²) in [6.07, 6.45) is 2.35. The average Bonchev–Trinajstić information content (AvgIpc) is 2.39. The Labute approximate surface area is 115 Å². The Kier molecular flexibility index (Phi) is 10.1. The van der Waals surface area contributed by atoms with E-state index in [0.29, 0.717) is 19.7 Å². The summed E-state index contributed by atoms with van der Waals surface area (Å²) in [5.41, 5.74) is 5.41. The summed E-state index contributed by atoms with van der Waals surface area (Å²) < 4.78 is 4.89. The molecule has 0 rings (SSSR count). The molecule has 0 bridgehead atoms. The van der Waals surface area contributed by atoms with Crippen LogP contribution in [0.3, 0.4) is 0 Å². The number of rotatable bonds is 10. The van der Waals surface area contributed by atoms with Gasteiger partial charge in [0.15, 0.2) is 0 Å². The van der Waals surface area contributed by atoms with Gasteiger partial charge in [-0.3, -0.25) is 9.59 Å². The summed E-state index contributed by atoms with van der Waals surface area (Å²) in [7, 11) is 3.27. The van der Waals surface area contributed by atoms with E-state index in [2.05, 4.69) is 5.32 Å². The van der Waals surface area contributed by atoms with Crippen LogP contribution in [0.25, 0.3) is 0 Å². The lowest BCUT2D eigenvalue weighted by Crippen LogP contribution is -2.40. The summed E-state index contributed by atoms with van der Waals surface area (Å²) in [5, 5.41) is 2.75. The summed E-state index contributed by atoms with van der Waals surface area (Å²) in [6.45, 7) is 3.73. The maximum Gasteiger partial charge on any atom is 0.239 e. The minimum absolute atomic E-state index is 0.0134. The third kappa shape index (κ3) is 8.56. The SMILES string of the molecule is COCCCNC(=O)CN(C)C(=O)C(C)CCCN. The second kappa shape index (κ2) is 10.8. The molecule has 0 aliphatic rings. The summed E-state index contributed by atoms with van der Waals surface area (Å²) in [6, 6.07) is 0. The Morgan fingerprint density at radius 3 is 2.63 bits per heavy atom. The minimum Gasteiger partial charge on any atom is -0.385 e. The predicted octanol–water partition coefficient (Wildman–Crippen LogP) is -0.0275. The lowest BCUT2D eigenvalue weighted by atomic mass is 10.0. The lowest BCUT2D eigenvalue weighted by molar-refractivity contribution is -0.137. The fourth-order valence-corrected chi connectivity index (χ4v) is 1.72. The molecular formula is C13H27N3O3. The van der Waals surface area contributed by atoms with Crippen molar-refractivity contribution in [1.82, 2.24) is 10.2 Å². The van der Waals surface area contributed by atoms with E-state index in [4.69, 9.17) is 10.5 Å². The molecule has 0 aliphatic carbocycles. The molecule has 0 aliphatic heterocycles. The van der Waals surface area contributed by atoms with E-state index in [1.807, 2.05) is 6.92 Å². The Morgan fingerprint density at radius 2 is 2.05 bits per heavy atom. The summed E-state index contributed by atoms with van der Waals surface area (Å²) in [5.74, 6) is -0.242. The van der Waals surface area contributed by atoms with Crippen LogP contribution in [-0.4, -0.2) is 57.1 Å². The first-order valence-electron chi connectivity index (χ1n) is 6.73. The van der Waals surface area contributed by atoms with Gasteiger partial charge in [-0.05, 0) is 25.8 Å². The highest BCUT2D eigenvalue weighted by Crippen LogP contribution is 2.08. The molecule has 0 saturated carbocycles. The van der Waals surface area contributed by atoms with Crippen molar-refractivity contribution in [1.29, 1.82) is 0 Å². The molecule has 6 heteroatoms. The van der Waals surface area contributed by atoms with E-state index in [1.165, 1.54) is 4.90 Å². The molecule has 1 atom stereocenters. The number of likely N-dealkylation sites (N-methyl/N-ethyl adjacent to an activating group) is 1. The van der Waals surface area contributed by atoms with Crippen molar-refractivity contribution in [3.05, 3.63) is 0 Å². The van der Waals surface area contributed by atoms with Crippen molar-refractivity contribution >= 4 is 11.8 Å². The second-order valence-electron chi connectivity index (χ2n) is 4.72. The molecule has 0 aromatic heterocycles. The molecule has 3 N–H and O–H groups in total. The van der Waals surface area contributed by atoms with Gasteiger partial charge in [-0.2, -0.15) is 0 Å². The number of hydrogen-bond donors (Lipinski definition) is 2. The van der Waals surface area contributed by atoms with Crippen LogP contribution in [-0.2, 0) is 14.3 Å². The number of amides is 2. The van der Waals surface area contributed by atoms with Crippen molar-refractivity contribution in [3.63, 3.8) is 0 Å². The Balaban J connectivity index is 3.90. The number of carbonyl (C=O) groups is 2. The monoisotopic (exact) mass is 273 g/mol. The van der Waals surface area contributed by atoms with Crippen molar-refractivity contribution in [2.75, 3.05) is 40.4 Å². The van der Waals surface area contributed by atoms with Crippen LogP contribution in [0.15, 0.2) is 0 Å². The molecule has 0 saturated heterocycles. The van der Waals surface area contributed by atoms with Gasteiger partial charge in [0.1, 0.15) is 0 Å². The van der Waals surface area contributed by atoms with Gasteiger partial charge < -0.3 is 20.7 Å². The highest BCUT2D eigenvalue weighted by molar-refractivity contribution is 5.85. The molecule has 1 unspecified atom stereocenters. The zero-order valence-corrected chi connectivity index (χ0v) is 12.3. The quantitative estimate of drug-likeness (QED) is 0.548. The van der Waals surface area contributed by atoms with Crippen LogP contribution in [0, 0.1) is 5.92 Å². The van der Waals surface area contributed by atoms with Gasteiger partial charge >= 0.3 is 0 Å². The third-order valence-electron chi connectivity index (χ3n) is 2.87. The van der Waals surface area contributed by atoms with Crippen LogP contribution < -0.4 is 11.1 Å². The number of hydrogen-bond acceptors (Lipinski definition) is 4. The largest absolute Gasteiger partial charge is 0.385 e. The molecule has 0 radical (unpaired) electrons. The van der Waals surface area contributed by atoms with Crippen LogP contribution in [0.2, 0.25) is 0 Å². The number of methoxy groups -OCH3 is 1. The number of nitrogens with one attached hydrogen (secondary N) is 1. The normalized spacial score (nSPS) is 12.0. The van der Waals surface area contributed by atoms with E-state index in [-0.39, 0.29) is 24.3 Å². The molecule has 0 heterocycles. The maximum absolute atomic E-state index is 11.9. The lowest BCUT2D eigenvalue weighted by Gasteiger charge is -2.20. The van der Waals surface area contributed by atoms with Crippen LogP contribution >= 0.6 is 0 Å². The van der Waals surface area contributed by atoms with Gasteiger partial charge in [-0.1, -0.05) is 6.92 Å². The summed E-state index contributed by atoms with van der Waals surface area (Å²) in [4.78, 5) is 25.0. The fourth-order valence-electron chi connectivity index (χ4n) is 1.72. The highest BCUT2D eigenvalue weighted by Gasteiger charge is 2.18. The Morgan fingerprint density at radius 1 is 1.37 bits per heavy atom. The average molecular weight is 273 g/mol. The van der Waals surface area contributed by atoms with E-state index in [9.17, 15) is 9.59 Å². The second-order valence-corrected chi connectivity index (χ2v) is 4.72. The zero-order chi connectivity index (χ0) is 14.7. The van der Waals surface area contributed by atoms with Gasteiger partial charge in [0.25, 0.3) is 0 Å². The first kappa shape index (κ1) is 17.9. The van der Waals surface area contributed by atoms with Crippen molar-refractivity contribution in [2.45, 2.75) is 26.2 Å². The number of nitrogens with zero attached hydrogens (tertiary/aromatic N) is 1. The highest BCUT2D eigenvalue weighted by atomic mass is 16.5. The van der Waals surface area contributed by atoms with Crippen molar-refractivity contribution in [2.24, 2.45) is 11.7 Å². The van der Waals surface area contributed by atoms with Gasteiger partial charge in [0, 0.05) is 33.2 Å². The van der Waals surface area contributed by atoms with Gasteiger partial charge in [-0.15, -0.1) is 0 Å². The molecule has 19 heavy (non-hydrogen) atoms. The van der Waals surface area contributed by atoms with Gasteiger partial charge in [0.05, 0.1) is 6.54 Å². The van der Waals surface area contributed by atoms with Crippen molar-refractivity contribution < 1.29 is 14.3 Å². The molecular weight excluding hydrogens is 246 g/mol. The van der Waals surface area contributed by atoms with E-state index in [1.54, 1.807) is 14.2 Å². The number of nitrogens with two attached hydrogens (primary N) is 1. The van der Waals surface area contributed by atoms with E-state index < -0.39 is 0 Å². The first-order valence-corrected chi connectivity index (χ1v) is 6.73. The standard InChI is InChI=1S/C13H27N3O3/c1-11(6-4-7-14)13(18)16(2)10-12(17)15-8-5-9-19-3/h11H,4-10,14H2,1-3H3,(H,15,17). The molecule has 0 fully saturated rings.